The van der Waals surface area contributed by atoms with Crippen LogP contribution in [0.15, 0.2) is 29.2 Å². The van der Waals surface area contributed by atoms with Crippen LogP contribution >= 0.6 is 11.3 Å². The molecule has 1 fully saturated rings. The third-order valence-corrected chi connectivity index (χ3v) is 9.32. The molecule has 0 amide bonds. The molecule has 1 aliphatic heterocycles. The summed E-state index contributed by atoms with van der Waals surface area (Å²) in [7, 11) is -3.76. The Hall–Kier alpha value is -2.27. The Balaban J connectivity index is 1.52. The first-order valence-corrected chi connectivity index (χ1v) is 14.3. The fourth-order valence-electron chi connectivity index (χ4n) is 4.68. The van der Waals surface area contributed by atoms with E-state index in [1.165, 1.54) is 27.8 Å². The summed E-state index contributed by atoms with van der Waals surface area (Å²) in [6, 6.07) is 6.13. The average molecular weight is 521 g/mol. The topological polar surface area (TPSA) is 102 Å². The summed E-state index contributed by atoms with van der Waals surface area (Å²) in [5, 5.41) is 3.78. The molecule has 2 aliphatic rings. The minimum atomic E-state index is -3.76. The Morgan fingerprint density at radius 3 is 2.60 bits per heavy atom. The third kappa shape index (κ3) is 5.61. The van der Waals surface area contributed by atoms with Gasteiger partial charge in [-0.3, -0.25) is 4.79 Å². The number of anilines is 1. The first kappa shape index (κ1) is 25.8. The van der Waals surface area contributed by atoms with Crippen LogP contribution in [0.1, 0.15) is 64.8 Å². The first-order valence-electron chi connectivity index (χ1n) is 12.0. The number of carbonyl (C=O) groups is 2. The van der Waals surface area contributed by atoms with Crippen molar-refractivity contribution in [1.82, 2.24) is 4.31 Å². The lowest BCUT2D eigenvalue weighted by molar-refractivity contribution is -0.0440. The zero-order valence-electron chi connectivity index (χ0n) is 20.3. The van der Waals surface area contributed by atoms with Crippen LogP contribution in [0, 0.1) is 0 Å². The van der Waals surface area contributed by atoms with E-state index in [0.717, 1.165) is 36.1 Å². The predicted octanol–water partition coefficient (Wildman–Crippen LogP) is 3.90. The third-order valence-electron chi connectivity index (χ3n) is 6.24. The lowest BCUT2D eigenvalue weighted by atomic mass is 9.95. The molecule has 1 aliphatic carbocycles. The van der Waals surface area contributed by atoms with Crippen LogP contribution in [0.3, 0.4) is 0 Å². The number of hydrogen-bond donors (Lipinski definition) is 1. The fraction of sp³-hybridized carbons (Fsp3) is 0.520. The molecular formula is C25H32N2O6S2. The molecule has 8 nitrogen and oxygen atoms in total. The minimum absolute atomic E-state index is 0.0546. The van der Waals surface area contributed by atoms with E-state index in [4.69, 9.17) is 9.47 Å². The number of nitrogens with zero attached hydrogens (tertiary/aromatic N) is 1. The highest BCUT2D eigenvalue weighted by Gasteiger charge is 2.32. The molecular weight excluding hydrogens is 488 g/mol. The van der Waals surface area contributed by atoms with Gasteiger partial charge in [-0.15, -0.1) is 11.3 Å². The molecule has 1 aromatic carbocycles. The van der Waals surface area contributed by atoms with Crippen LogP contribution in [0.4, 0.5) is 5.00 Å². The predicted molar refractivity (Wildman–Crippen MR) is 135 cm³/mol. The van der Waals surface area contributed by atoms with Crippen molar-refractivity contribution in [2.24, 2.45) is 0 Å². The van der Waals surface area contributed by atoms with E-state index in [1.807, 2.05) is 13.8 Å². The summed E-state index contributed by atoms with van der Waals surface area (Å²) in [6.07, 6.45) is 3.45. The van der Waals surface area contributed by atoms with E-state index in [0.29, 0.717) is 16.1 Å². The van der Waals surface area contributed by atoms with Gasteiger partial charge in [0, 0.05) is 23.5 Å². The highest BCUT2D eigenvalue weighted by Crippen LogP contribution is 2.38. The Bertz CT molecular complexity index is 1200. The Morgan fingerprint density at radius 1 is 1.17 bits per heavy atom. The number of fused-ring (bicyclic) bond motifs is 1. The molecule has 0 spiro atoms. The van der Waals surface area contributed by atoms with E-state index in [-0.39, 0.29) is 55.1 Å². The summed E-state index contributed by atoms with van der Waals surface area (Å²) >= 11 is 1.50. The van der Waals surface area contributed by atoms with Crippen molar-refractivity contribution in [2.45, 2.75) is 63.6 Å². The molecule has 4 rings (SSSR count). The molecule has 0 radical (unpaired) electrons. The van der Waals surface area contributed by atoms with E-state index in [1.54, 1.807) is 19.1 Å². The van der Waals surface area contributed by atoms with Gasteiger partial charge in [0.05, 0.1) is 35.8 Å². The van der Waals surface area contributed by atoms with E-state index >= 15 is 0 Å². The van der Waals surface area contributed by atoms with Crippen molar-refractivity contribution in [1.29, 1.82) is 0 Å². The van der Waals surface area contributed by atoms with Gasteiger partial charge in [-0.1, -0.05) is 12.1 Å². The summed E-state index contributed by atoms with van der Waals surface area (Å²) in [5.74, 6) is -0.629. The molecule has 2 atom stereocenters. The monoisotopic (exact) mass is 520 g/mol. The molecule has 1 saturated heterocycles. The molecule has 0 bridgehead atoms. The number of esters is 1. The van der Waals surface area contributed by atoms with Gasteiger partial charge in [0.2, 0.25) is 10.0 Å². The van der Waals surface area contributed by atoms with Gasteiger partial charge >= 0.3 is 5.97 Å². The summed E-state index contributed by atoms with van der Waals surface area (Å²) in [4.78, 5) is 26.9. The molecule has 2 unspecified atom stereocenters. The number of benzene rings is 1. The van der Waals surface area contributed by atoms with Crippen LogP contribution in [0.25, 0.3) is 0 Å². The Labute approximate surface area is 210 Å². The molecule has 0 saturated carbocycles. The fourth-order valence-corrected chi connectivity index (χ4v) is 7.59. The smallest absolute Gasteiger partial charge is 0.341 e. The first-order chi connectivity index (χ1) is 16.7. The lowest BCUT2D eigenvalue weighted by Crippen LogP contribution is -2.48. The zero-order chi connectivity index (χ0) is 25.2. The van der Waals surface area contributed by atoms with Crippen molar-refractivity contribution in [3.63, 3.8) is 0 Å². The van der Waals surface area contributed by atoms with Crippen molar-refractivity contribution >= 4 is 38.1 Å². The summed E-state index contributed by atoms with van der Waals surface area (Å²) in [6.45, 7) is 6.23. The average Bonchev–Trinajstić information content (AvgIpc) is 3.20. The maximum atomic E-state index is 13.2. The second-order valence-electron chi connectivity index (χ2n) is 9.02. The van der Waals surface area contributed by atoms with E-state index < -0.39 is 10.0 Å². The maximum Gasteiger partial charge on any atom is 0.341 e. The van der Waals surface area contributed by atoms with Gasteiger partial charge in [0.25, 0.3) is 0 Å². The van der Waals surface area contributed by atoms with E-state index in [9.17, 15) is 18.0 Å². The van der Waals surface area contributed by atoms with Gasteiger partial charge in [-0.2, -0.15) is 4.31 Å². The number of thiophene rings is 1. The van der Waals surface area contributed by atoms with Gasteiger partial charge in [-0.05, 0) is 64.2 Å². The lowest BCUT2D eigenvalue weighted by Gasteiger charge is -2.34. The number of hydrogen-bond acceptors (Lipinski definition) is 8. The van der Waals surface area contributed by atoms with Gasteiger partial charge in [0.1, 0.15) is 5.00 Å². The van der Waals surface area contributed by atoms with Crippen LogP contribution in [0.5, 0.6) is 0 Å². The number of ketones is 1. The number of nitrogens with one attached hydrogen (secondary N) is 1. The van der Waals surface area contributed by atoms with Crippen LogP contribution < -0.4 is 5.32 Å². The standard InChI is InChI=1S/C25H32N2O6S2/c1-4-32-25(29)23-20-10-5-6-11-22(20)34-24(23)26-13-21(28)18-8-7-9-19(12-18)35(30,31)27-14-16(2)33-17(3)15-27/h7-9,12,16-17,26H,4-6,10-11,13-15H2,1-3H3. The second-order valence-corrected chi connectivity index (χ2v) is 12.1. The molecule has 1 aromatic heterocycles. The van der Waals surface area contributed by atoms with Crippen LogP contribution in [-0.4, -0.2) is 62.9 Å². The number of Topliss-reactive ketones (excluding diaryl/α,β-unsaturated/α-hetero) is 1. The van der Waals surface area contributed by atoms with Gasteiger partial charge < -0.3 is 14.8 Å². The van der Waals surface area contributed by atoms with Crippen LogP contribution in [-0.2, 0) is 32.3 Å². The number of aryl methyl sites for hydroxylation is 1. The maximum absolute atomic E-state index is 13.2. The normalized spacial score (nSPS) is 20.8. The largest absolute Gasteiger partial charge is 0.462 e. The number of carbonyl (C=O) groups excluding carboxylic acids is 2. The van der Waals surface area contributed by atoms with Crippen LogP contribution in [0.2, 0.25) is 0 Å². The Morgan fingerprint density at radius 2 is 1.89 bits per heavy atom. The highest BCUT2D eigenvalue weighted by atomic mass is 32.2. The molecule has 35 heavy (non-hydrogen) atoms. The molecule has 190 valence electrons. The van der Waals surface area contributed by atoms with Gasteiger partial charge in [0.15, 0.2) is 5.78 Å². The van der Waals surface area contributed by atoms with Crippen molar-refractivity contribution in [3.05, 3.63) is 45.8 Å². The minimum Gasteiger partial charge on any atom is -0.462 e. The zero-order valence-corrected chi connectivity index (χ0v) is 22.0. The SMILES string of the molecule is CCOC(=O)c1c(NCC(=O)c2cccc(S(=O)(=O)N3CC(C)OC(C)C3)c2)sc2c1CCCC2. The number of sulfonamides is 1. The van der Waals surface area contributed by atoms with Crippen molar-refractivity contribution in [3.8, 4) is 0 Å². The quantitative estimate of drug-likeness (QED) is 0.416. The molecule has 2 heterocycles. The molecule has 2 aromatic rings. The number of rotatable bonds is 8. The Kier molecular flexibility index (Phi) is 7.95. The van der Waals surface area contributed by atoms with Gasteiger partial charge in [-0.25, -0.2) is 13.2 Å². The number of morpholine rings is 1. The van der Waals surface area contributed by atoms with E-state index in [2.05, 4.69) is 5.32 Å². The highest BCUT2D eigenvalue weighted by molar-refractivity contribution is 7.89. The molecule has 10 heteroatoms. The molecule has 1 N–H and O–H groups in total. The number of ether oxygens (including phenoxy) is 2. The summed E-state index contributed by atoms with van der Waals surface area (Å²) < 4.78 is 38.8. The van der Waals surface area contributed by atoms with Crippen molar-refractivity contribution in [2.75, 3.05) is 31.6 Å². The summed E-state index contributed by atoms with van der Waals surface area (Å²) in [5.41, 5.74) is 1.86. The van der Waals surface area contributed by atoms with Crippen molar-refractivity contribution < 1.29 is 27.5 Å². The second kappa shape index (κ2) is 10.8.